The molecule has 0 unspecified atom stereocenters. The first-order valence-electron chi connectivity index (χ1n) is 7.56. The second kappa shape index (κ2) is 8.02. The number of rotatable bonds is 4. The molecule has 2 amide bonds. The van der Waals surface area contributed by atoms with Crippen LogP contribution >= 0.6 is 46.6 Å². The first-order chi connectivity index (χ1) is 12.8. The molecule has 0 spiro atoms. The first-order valence-corrected chi connectivity index (χ1v) is 9.51. The highest BCUT2D eigenvalue weighted by molar-refractivity contribution is 8.18. The Balaban J connectivity index is 1.86. The first kappa shape index (κ1) is 19.9. The molecule has 0 saturated carbocycles. The van der Waals surface area contributed by atoms with Crippen LogP contribution in [0, 0.1) is 0 Å². The summed E-state index contributed by atoms with van der Waals surface area (Å²) in [6.07, 6.45) is 1.52. The van der Waals surface area contributed by atoms with Gasteiger partial charge in [-0.15, -0.1) is 0 Å². The van der Waals surface area contributed by atoms with Crippen molar-refractivity contribution in [2.24, 2.45) is 0 Å². The molecule has 0 radical (unpaired) electrons. The predicted molar refractivity (Wildman–Crippen MR) is 108 cm³/mol. The standard InChI is InChI=1S/C18H12Cl3NO4S/c1-26-14-6-10(5-13(21)16(14)23)7-15-17(24)22(18(25)27-15)8-9-2-3-11(19)12(20)4-9/h2-7,23H,8H2,1H3/b15-7-. The van der Waals surface area contributed by atoms with Crippen molar-refractivity contribution in [2.75, 3.05) is 7.11 Å². The van der Waals surface area contributed by atoms with E-state index in [9.17, 15) is 14.7 Å². The smallest absolute Gasteiger partial charge is 0.293 e. The number of methoxy groups -OCH3 is 1. The van der Waals surface area contributed by atoms with Gasteiger partial charge in [-0.05, 0) is 53.2 Å². The van der Waals surface area contributed by atoms with Crippen molar-refractivity contribution < 1.29 is 19.4 Å². The second-order valence-corrected chi connectivity index (χ2v) is 7.78. The Labute approximate surface area is 174 Å². The summed E-state index contributed by atoms with van der Waals surface area (Å²) in [7, 11) is 1.39. The minimum atomic E-state index is -0.431. The van der Waals surface area contributed by atoms with Crippen molar-refractivity contribution in [1.29, 1.82) is 0 Å². The number of hydrogen-bond donors (Lipinski definition) is 1. The molecule has 0 bridgehead atoms. The number of carbonyl (C=O) groups is 2. The van der Waals surface area contributed by atoms with Gasteiger partial charge in [-0.25, -0.2) is 0 Å². The van der Waals surface area contributed by atoms with Gasteiger partial charge in [-0.3, -0.25) is 14.5 Å². The topological polar surface area (TPSA) is 66.8 Å². The molecule has 1 heterocycles. The van der Waals surface area contributed by atoms with Gasteiger partial charge in [0.2, 0.25) is 0 Å². The van der Waals surface area contributed by atoms with E-state index < -0.39 is 11.1 Å². The Morgan fingerprint density at radius 3 is 2.52 bits per heavy atom. The summed E-state index contributed by atoms with van der Waals surface area (Å²) in [5.74, 6) is -0.452. The highest BCUT2D eigenvalue weighted by Gasteiger charge is 2.35. The van der Waals surface area contributed by atoms with E-state index in [1.165, 1.54) is 25.3 Å². The molecule has 2 aromatic rings. The third-order valence-corrected chi connectivity index (χ3v) is 5.70. The second-order valence-electron chi connectivity index (χ2n) is 5.57. The molecule has 2 aromatic carbocycles. The molecule has 0 atom stereocenters. The number of carbonyl (C=O) groups excluding carboxylic acids is 2. The lowest BCUT2D eigenvalue weighted by Gasteiger charge is -2.13. The number of halogens is 3. The largest absolute Gasteiger partial charge is 0.503 e. The Hall–Kier alpha value is -1.86. The Morgan fingerprint density at radius 1 is 1.11 bits per heavy atom. The average molecular weight is 445 g/mol. The third kappa shape index (κ3) is 4.19. The van der Waals surface area contributed by atoms with Crippen molar-refractivity contribution >= 4 is 63.8 Å². The lowest BCUT2D eigenvalue weighted by molar-refractivity contribution is -0.123. The summed E-state index contributed by atoms with van der Waals surface area (Å²) in [5, 5.41) is 10.2. The molecule has 1 fully saturated rings. The molecule has 1 aliphatic heterocycles. The van der Waals surface area contributed by atoms with Crippen molar-refractivity contribution in [3.8, 4) is 11.5 Å². The highest BCUT2D eigenvalue weighted by Crippen LogP contribution is 2.38. The Morgan fingerprint density at radius 2 is 1.85 bits per heavy atom. The van der Waals surface area contributed by atoms with Gasteiger partial charge < -0.3 is 9.84 Å². The van der Waals surface area contributed by atoms with Crippen molar-refractivity contribution in [3.05, 3.63) is 61.4 Å². The normalized spacial score (nSPS) is 15.7. The molecule has 9 heteroatoms. The van der Waals surface area contributed by atoms with Gasteiger partial charge in [-0.1, -0.05) is 40.9 Å². The summed E-state index contributed by atoms with van der Waals surface area (Å²) in [6, 6.07) is 7.92. The van der Waals surface area contributed by atoms with E-state index in [1.807, 2.05) is 0 Å². The highest BCUT2D eigenvalue weighted by atomic mass is 35.5. The molecule has 3 rings (SSSR count). The van der Waals surface area contributed by atoms with Crippen LogP contribution in [-0.2, 0) is 11.3 Å². The molecule has 1 aliphatic rings. The number of thioether (sulfide) groups is 1. The van der Waals surface area contributed by atoms with Crippen LogP contribution in [0.25, 0.3) is 6.08 Å². The molecular formula is C18H12Cl3NO4S. The van der Waals surface area contributed by atoms with Crippen LogP contribution in [0.4, 0.5) is 4.79 Å². The van der Waals surface area contributed by atoms with Crippen LogP contribution in [0.5, 0.6) is 11.5 Å². The van der Waals surface area contributed by atoms with Gasteiger partial charge in [0.05, 0.1) is 33.6 Å². The van der Waals surface area contributed by atoms with Crippen LogP contribution in [0.3, 0.4) is 0 Å². The predicted octanol–water partition coefficient (Wildman–Crippen LogP) is 5.60. The van der Waals surface area contributed by atoms with E-state index in [2.05, 4.69) is 0 Å². The zero-order chi connectivity index (χ0) is 19.7. The van der Waals surface area contributed by atoms with E-state index in [-0.39, 0.29) is 28.0 Å². The summed E-state index contributed by atoms with van der Waals surface area (Å²) in [4.78, 5) is 26.2. The fourth-order valence-electron chi connectivity index (χ4n) is 2.44. The van der Waals surface area contributed by atoms with Crippen LogP contribution in [0.1, 0.15) is 11.1 Å². The monoisotopic (exact) mass is 443 g/mol. The van der Waals surface area contributed by atoms with Crippen LogP contribution < -0.4 is 4.74 Å². The number of benzene rings is 2. The van der Waals surface area contributed by atoms with Crippen LogP contribution in [-0.4, -0.2) is 28.3 Å². The van der Waals surface area contributed by atoms with Crippen LogP contribution in [0.15, 0.2) is 35.2 Å². The van der Waals surface area contributed by atoms with E-state index in [4.69, 9.17) is 39.5 Å². The SMILES string of the molecule is COc1cc(/C=C2\SC(=O)N(Cc3ccc(Cl)c(Cl)c3)C2=O)cc(Cl)c1O. The Kier molecular flexibility index (Phi) is 5.91. The lowest BCUT2D eigenvalue weighted by atomic mass is 10.1. The van der Waals surface area contributed by atoms with E-state index in [0.29, 0.717) is 21.2 Å². The molecule has 0 aromatic heterocycles. The maximum absolute atomic E-state index is 12.6. The maximum atomic E-state index is 12.6. The minimum absolute atomic E-state index is 0.0793. The summed E-state index contributed by atoms with van der Waals surface area (Å²) in [5.41, 5.74) is 1.21. The number of hydrogen-bond acceptors (Lipinski definition) is 5. The molecule has 5 nitrogen and oxygen atoms in total. The summed E-state index contributed by atoms with van der Waals surface area (Å²) < 4.78 is 5.04. The number of ether oxygens (including phenoxy) is 1. The zero-order valence-electron chi connectivity index (χ0n) is 13.8. The maximum Gasteiger partial charge on any atom is 0.293 e. The Bertz CT molecular complexity index is 977. The average Bonchev–Trinajstić information content (AvgIpc) is 2.88. The fraction of sp³-hybridized carbons (Fsp3) is 0.111. The van der Waals surface area contributed by atoms with Gasteiger partial charge in [0, 0.05) is 0 Å². The van der Waals surface area contributed by atoms with Crippen LogP contribution in [0.2, 0.25) is 15.1 Å². The number of aromatic hydroxyl groups is 1. The molecule has 1 saturated heterocycles. The van der Waals surface area contributed by atoms with Gasteiger partial charge in [-0.2, -0.15) is 0 Å². The van der Waals surface area contributed by atoms with Gasteiger partial charge in [0.1, 0.15) is 0 Å². The lowest BCUT2D eigenvalue weighted by Crippen LogP contribution is -2.27. The van der Waals surface area contributed by atoms with Gasteiger partial charge >= 0.3 is 0 Å². The van der Waals surface area contributed by atoms with E-state index >= 15 is 0 Å². The number of phenols is 1. The number of imide groups is 1. The number of phenolic OH excluding ortho intramolecular Hbond substituents is 1. The number of nitrogens with zero attached hydrogens (tertiary/aromatic N) is 1. The molecule has 0 aliphatic carbocycles. The van der Waals surface area contributed by atoms with Gasteiger partial charge in [0.25, 0.3) is 11.1 Å². The summed E-state index contributed by atoms with van der Waals surface area (Å²) in [6.45, 7) is 0.0819. The molecule has 140 valence electrons. The van der Waals surface area contributed by atoms with E-state index in [0.717, 1.165) is 16.7 Å². The van der Waals surface area contributed by atoms with Gasteiger partial charge in [0.15, 0.2) is 11.5 Å². The third-order valence-electron chi connectivity index (χ3n) is 3.77. The van der Waals surface area contributed by atoms with Crippen molar-refractivity contribution in [1.82, 2.24) is 4.90 Å². The van der Waals surface area contributed by atoms with E-state index in [1.54, 1.807) is 18.2 Å². The van der Waals surface area contributed by atoms with Crippen molar-refractivity contribution in [3.63, 3.8) is 0 Å². The molecule has 1 N–H and O–H groups in total. The quantitative estimate of drug-likeness (QED) is 0.622. The zero-order valence-corrected chi connectivity index (χ0v) is 16.9. The summed E-state index contributed by atoms with van der Waals surface area (Å²) >= 11 is 18.6. The molecule has 27 heavy (non-hydrogen) atoms. The minimum Gasteiger partial charge on any atom is -0.503 e. The molecular weight excluding hydrogens is 433 g/mol. The number of amides is 2. The fourth-order valence-corrected chi connectivity index (χ4v) is 3.82. The van der Waals surface area contributed by atoms with Crippen molar-refractivity contribution in [2.45, 2.75) is 6.54 Å².